The molecule has 0 unspecified atom stereocenters. The van der Waals surface area contributed by atoms with E-state index in [0.717, 1.165) is 12.1 Å². The summed E-state index contributed by atoms with van der Waals surface area (Å²) in [5.74, 6) is 0. The van der Waals surface area contributed by atoms with Crippen molar-refractivity contribution >= 4 is 17.6 Å². The molecule has 0 atom stereocenters. The number of aryl methyl sites for hydroxylation is 1. The Morgan fingerprint density at radius 1 is 1.77 bits per heavy atom. The highest BCUT2D eigenvalue weighted by atomic mass is 32.1. The molecule has 1 amide bonds. The van der Waals surface area contributed by atoms with Crippen molar-refractivity contribution in [3.05, 3.63) is 16.6 Å². The summed E-state index contributed by atoms with van der Waals surface area (Å²) < 4.78 is 4.19. The molecule has 13 heavy (non-hydrogen) atoms. The van der Waals surface area contributed by atoms with Crippen molar-refractivity contribution in [1.29, 1.82) is 0 Å². The zero-order valence-corrected chi connectivity index (χ0v) is 8.23. The highest BCUT2D eigenvalue weighted by Crippen LogP contribution is 2.10. The van der Waals surface area contributed by atoms with Gasteiger partial charge in [-0.05, 0) is 24.0 Å². The molecule has 1 rings (SSSR count). The first-order valence-electron chi connectivity index (χ1n) is 4.13. The fraction of sp³-hybridized carbons (Fsp3) is 0.500. The lowest BCUT2D eigenvalue weighted by atomic mass is 10.2. The molecule has 1 aromatic heterocycles. The Kier molecular flexibility index (Phi) is 3.70. The minimum atomic E-state index is -0.981. The van der Waals surface area contributed by atoms with E-state index in [1.807, 2.05) is 6.07 Å². The van der Waals surface area contributed by atoms with Gasteiger partial charge in [0, 0.05) is 17.8 Å². The number of carboxylic acid groups (broad SMARTS) is 1. The van der Waals surface area contributed by atoms with Gasteiger partial charge in [0.25, 0.3) is 0 Å². The SMILES string of the molecule is CCc1cc(CCNC(=O)O)ns1. The van der Waals surface area contributed by atoms with Gasteiger partial charge in [-0.1, -0.05) is 6.92 Å². The molecule has 0 saturated heterocycles. The Labute approximate surface area is 80.8 Å². The number of aromatic nitrogens is 1. The van der Waals surface area contributed by atoms with E-state index in [1.54, 1.807) is 0 Å². The van der Waals surface area contributed by atoms with Gasteiger partial charge in [-0.2, -0.15) is 4.37 Å². The second kappa shape index (κ2) is 4.81. The first-order valence-corrected chi connectivity index (χ1v) is 4.91. The summed E-state index contributed by atoms with van der Waals surface area (Å²) in [6.07, 6.45) is 0.679. The summed E-state index contributed by atoms with van der Waals surface area (Å²) in [5.41, 5.74) is 0.968. The maximum Gasteiger partial charge on any atom is 0.404 e. The first kappa shape index (κ1) is 9.98. The molecule has 0 spiro atoms. The van der Waals surface area contributed by atoms with Crippen LogP contribution in [-0.4, -0.2) is 22.1 Å². The van der Waals surface area contributed by atoms with Gasteiger partial charge in [-0.15, -0.1) is 0 Å². The summed E-state index contributed by atoms with van der Waals surface area (Å²) >= 11 is 1.48. The van der Waals surface area contributed by atoms with Crippen molar-refractivity contribution in [2.75, 3.05) is 6.54 Å². The Morgan fingerprint density at radius 3 is 3.08 bits per heavy atom. The second-order valence-electron chi connectivity index (χ2n) is 2.62. The quantitative estimate of drug-likeness (QED) is 0.774. The zero-order chi connectivity index (χ0) is 9.68. The smallest absolute Gasteiger partial charge is 0.404 e. The summed E-state index contributed by atoms with van der Waals surface area (Å²) in [4.78, 5) is 11.4. The zero-order valence-electron chi connectivity index (χ0n) is 7.41. The van der Waals surface area contributed by atoms with Gasteiger partial charge in [0.05, 0.1) is 5.69 Å². The topological polar surface area (TPSA) is 62.2 Å². The average Bonchev–Trinajstić information content (AvgIpc) is 2.52. The van der Waals surface area contributed by atoms with E-state index in [1.165, 1.54) is 16.4 Å². The number of hydrogen-bond acceptors (Lipinski definition) is 3. The average molecular weight is 200 g/mol. The van der Waals surface area contributed by atoms with Crippen molar-refractivity contribution in [3.8, 4) is 0 Å². The molecule has 4 nitrogen and oxygen atoms in total. The molecule has 72 valence electrons. The van der Waals surface area contributed by atoms with Crippen LogP contribution in [0.3, 0.4) is 0 Å². The molecule has 0 saturated carbocycles. The number of nitrogens with zero attached hydrogens (tertiary/aromatic N) is 1. The summed E-state index contributed by atoms with van der Waals surface area (Å²) in [5, 5.41) is 10.6. The Balaban J connectivity index is 2.32. The van der Waals surface area contributed by atoms with Crippen molar-refractivity contribution in [2.24, 2.45) is 0 Å². The van der Waals surface area contributed by atoms with Gasteiger partial charge < -0.3 is 10.4 Å². The van der Waals surface area contributed by atoms with Crippen LogP contribution in [0.15, 0.2) is 6.07 Å². The lowest BCUT2D eigenvalue weighted by Gasteiger charge is -1.96. The van der Waals surface area contributed by atoms with Crippen LogP contribution >= 0.6 is 11.5 Å². The standard InChI is InChI=1S/C8H12N2O2S/c1-2-7-5-6(10-13-7)3-4-9-8(11)12/h5,9H,2-4H2,1H3,(H,11,12). The normalized spacial score (nSPS) is 9.92. The lowest BCUT2D eigenvalue weighted by Crippen LogP contribution is -2.23. The molecular weight excluding hydrogens is 188 g/mol. The molecule has 0 fully saturated rings. The molecule has 0 aliphatic heterocycles. The minimum Gasteiger partial charge on any atom is -0.465 e. The minimum absolute atomic E-state index is 0.433. The highest BCUT2D eigenvalue weighted by Gasteiger charge is 2.00. The lowest BCUT2D eigenvalue weighted by molar-refractivity contribution is 0.194. The predicted molar refractivity (Wildman–Crippen MR) is 51.2 cm³/mol. The Hall–Kier alpha value is -1.10. The molecule has 0 radical (unpaired) electrons. The van der Waals surface area contributed by atoms with Gasteiger partial charge in [-0.3, -0.25) is 0 Å². The molecule has 1 heterocycles. The van der Waals surface area contributed by atoms with Gasteiger partial charge in [0.15, 0.2) is 0 Å². The number of hydrogen-bond donors (Lipinski definition) is 2. The molecular formula is C8H12N2O2S. The number of carbonyl (C=O) groups is 1. The van der Waals surface area contributed by atoms with E-state index >= 15 is 0 Å². The van der Waals surface area contributed by atoms with E-state index in [-0.39, 0.29) is 0 Å². The van der Waals surface area contributed by atoms with Crippen LogP contribution in [-0.2, 0) is 12.8 Å². The third-order valence-corrected chi connectivity index (χ3v) is 2.58. The van der Waals surface area contributed by atoms with E-state index in [9.17, 15) is 4.79 Å². The van der Waals surface area contributed by atoms with Crippen LogP contribution in [0, 0.1) is 0 Å². The largest absolute Gasteiger partial charge is 0.465 e. The number of nitrogens with one attached hydrogen (secondary N) is 1. The van der Waals surface area contributed by atoms with Gasteiger partial charge in [0.2, 0.25) is 0 Å². The predicted octanol–water partition coefficient (Wildman–Crippen LogP) is 1.52. The maximum absolute atomic E-state index is 10.1. The van der Waals surface area contributed by atoms with Gasteiger partial charge in [-0.25, -0.2) is 4.79 Å². The van der Waals surface area contributed by atoms with Crippen LogP contribution < -0.4 is 5.32 Å². The third kappa shape index (κ3) is 3.42. The third-order valence-electron chi connectivity index (χ3n) is 1.61. The van der Waals surface area contributed by atoms with Crippen LogP contribution in [0.2, 0.25) is 0 Å². The number of rotatable bonds is 4. The highest BCUT2D eigenvalue weighted by molar-refractivity contribution is 7.05. The van der Waals surface area contributed by atoms with Crippen LogP contribution in [0.5, 0.6) is 0 Å². The summed E-state index contributed by atoms with van der Waals surface area (Å²) in [7, 11) is 0. The van der Waals surface area contributed by atoms with Crippen molar-refractivity contribution in [3.63, 3.8) is 0 Å². The molecule has 0 aliphatic rings. The van der Waals surface area contributed by atoms with Crippen LogP contribution in [0.4, 0.5) is 4.79 Å². The van der Waals surface area contributed by atoms with E-state index < -0.39 is 6.09 Å². The molecule has 0 aliphatic carbocycles. The molecule has 5 heteroatoms. The molecule has 0 bridgehead atoms. The monoisotopic (exact) mass is 200 g/mol. The number of amides is 1. The molecule has 1 aromatic rings. The Morgan fingerprint density at radius 2 is 2.54 bits per heavy atom. The van der Waals surface area contributed by atoms with Crippen LogP contribution in [0.1, 0.15) is 17.5 Å². The van der Waals surface area contributed by atoms with E-state index in [0.29, 0.717) is 13.0 Å². The fourth-order valence-corrected chi connectivity index (χ4v) is 1.63. The van der Waals surface area contributed by atoms with Crippen molar-refractivity contribution < 1.29 is 9.90 Å². The van der Waals surface area contributed by atoms with Crippen molar-refractivity contribution in [2.45, 2.75) is 19.8 Å². The van der Waals surface area contributed by atoms with Crippen LogP contribution in [0.25, 0.3) is 0 Å². The summed E-state index contributed by atoms with van der Waals surface area (Å²) in [6.45, 7) is 2.51. The molecule has 0 aromatic carbocycles. The van der Waals surface area contributed by atoms with Gasteiger partial charge >= 0.3 is 6.09 Å². The fourth-order valence-electron chi connectivity index (χ4n) is 0.938. The van der Waals surface area contributed by atoms with Crippen molar-refractivity contribution in [1.82, 2.24) is 9.69 Å². The molecule has 2 N–H and O–H groups in total. The second-order valence-corrected chi connectivity index (χ2v) is 3.51. The van der Waals surface area contributed by atoms with Gasteiger partial charge in [0.1, 0.15) is 0 Å². The summed E-state index contributed by atoms with van der Waals surface area (Å²) in [6, 6.07) is 2.02. The first-order chi connectivity index (χ1) is 6.22. The maximum atomic E-state index is 10.1. The van der Waals surface area contributed by atoms with E-state index in [2.05, 4.69) is 16.6 Å². The Bertz CT molecular complexity index is 285. The van der Waals surface area contributed by atoms with E-state index in [4.69, 9.17) is 5.11 Å².